The molecule has 1 fully saturated rings. The molecule has 1 aromatic heterocycles. The molecule has 0 saturated carbocycles. The van der Waals surface area contributed by atoms with E-state index in [1.165, 1.54) is 24.0 Å². The van der Waals surface area contributed by atoms with Gasteiger partial charge in [0, 0.05) is 32.2 Å². The molecule has 0 radical (unpaired) electrons. The third kappa shape index (κ3) is 4.08. The summed E-state index contributed by atoms with van der Waals surface area (Å²) in [5.74, 6) is 0. The Morgan fingerprint density at radius 2 is 2.04 bits per heavy atom. The number of rotatable bonds is 6. The summed E-state index contributed by atoms with van der Waals surface area (Å²) >= 11 is 0. The molecule has 1 aromatic carbocycles. The Hall–Kier alpha value is -1.76. The Labute approximate surface area is 149 Å². The largest absolute Gasteiger partial charge is 0.390 e. The third-order valence-corrected chi connectivity index (χ3v) is 5.49. The fourth-order valence-corrected chi connectivity index (χ4v) is 4.22. The number of likely N-dealkylation sites (tertiary alicyclic amines) is 1. The topological polar surface area (TPSA) is 57.4 Å². The van der Waals surface area contributed by atoms with Crippen LogP contribution < -0.4 is 0 Å². The molecule has 2 aromatic rings. The molecular formula is C19H27N5O. The van der Waals surface area contributed by atoms with E-state index < -0.39 is 0 Å². The number of benzene rings is 1. The van der Waals surface area contributed by atoms with E-state index in [1.807, 2.05) is 4.68 Å². The predicted octanol–water partition coefficient (Wildman–Crippen LogP) is 1.16. The standard InChI is InChI=1S/C19H27N5O/c25-19(12-22-9-7-16-4-1-2-5-17(16)10-22)13-23-8-3-6-18(23)11-24-15-20-14-21-24/h1-2,4-5,14-15,18-19,25H,3,6-13H2/t18-,19-/m1/s1. The molecule has 0 aliphatic carbocycles. The summed E-state index contributed by atoms with van der Waals surface area (Å²) in [4.78, 5) is 8.83. The summed E-state index contributed by atoms with van der Waals surface area (Å²) in [7, 11) is 0. The number of nitrogens with zero attached hydrogens (tertiary/aromatic N) is 5. The molecule has 0 spiro atoms. The summed E-state index contributed by atoms with van der Waals surface area (Å²) in [6.45, 7) is 5.42. The average molecular weight is 341 g/mol. The van der Waals surface area contributed by atoms with Gasteiger partial charge in [-0.3, -0.25) is 14.5 Å². The molecule has 25 heavy (non-hydrogen) atoms. The Bertz CT molecular complexity index is 674. The first-order valence-corrected chi connectivity index (χ1v) is 9.31. The quantitative estimate of drug-likeness (QED) is 0.854. The highest BCUT2D eigenvalue weighted by atomic mass is 16.3. The van der Waals surface area contributed by atoms with E-state index in [0.717, 1.165) is 45.7 Å². The minimum absolute atomic E-state index is 0.304. The van der Waals surface area contributed by atoms with Crippen molar-refractivity contribution in [2.75, 3.05) is 26.2 Å². The van der Waals surface area contributed by atoms with Crippen molar-refractivity contribution in [3.8, 4) is 0 Å². The van der Waals surface area contributed by atoms with E-state index in [-0.39, 0.29) is 6.10 Å². The van der Waals surface area contributed by atoms with Crippen molar-refractivity contribution in [2.45, 2.75) is 44.5 Å². The maximum absolute atomic E-state index is 10.6. The van der Waals surface area contributed by atoms with Crippen LogP contribution in [-0.4, -0.2) is 68.0 Å². The lowest BCUT2D eigenvalue weighted by molar-refractivity contribution is 0.0621. The van der Waals surface area contributed by atoms with E-state index in [2.05, 4.69) is 44.1 Å². The summed E-state index contributed by atoms with van der Waals surface area (Å²) in [5.41, 5.74) is 2.87. The van der Waals surface area contributed by atoms with Crippen molar-refractivity contribution in [1.82, 2.24) is 24.6 Å². The number of hydrogen-bond acceptors (Lipinski definition) is 5. The van der Waals surface area contributed by atoms with Crippen LogP contribution >= 0.6 is 0 Å². The minimum atomic E-state index is -0.304. The van der Waals surface area contributed by atoms with Crippen LogP contribution in [0, 0.1) is 0 Å². The molecule has 4 rings (SSSR count). The molecule has 1 N–H and O–H groups in total. The van der Waals surface area contributed by atoms with Crippen molar-refractivity contribution in [3.05, 3.63) is 48.0 Å². The minimum Gasteiger partial charge on any atom is -0.390 e. The molecule has 2 atom stereocenters. The smallest absolute Gasteiger partial charge is 0.137 e. The maximum atomic E-state index is 10.6. The second-order valence-electron chi connectivity index (χ2n) is 7.32. The Kier molecular flexibility index (Phi) is 5.10. The zero-order chi connectivity index (χ0) is 17.1. The van der Waals surface area contributed by atoms with Gasteiger partial charge in [-0.05, 0) is 36.9 Å². The van der Waals surface area contributed by atoms with Crippen molar-refractivity contribution >= 4 is 0 Å². The lowest BCUT2D eigenvalue weighted by Gasteiger charge is -2.32. The molecular weight excluding hydrogens is 314 g/mol. The van der Waals surface area contributed by atoms with Crippen LogP contribution in [0.4, 0.5) is 0 Å². The molecule has 2 aliphatic rings. The monoisotopic (exact) mass is 341 g/mol. The summed E-state index contributed by atoms with van der Waals surface area (Å²) < 4.78 is 1.90. The SMILES string of the molecule is O[C@H](CN1CCc2ccccc2C1)CN1CCC[C@@H]1Cn1cncn1. The van der Waals surface area contributed by atoms with Crippen LogP contribution in [0.15, 0.2) is 36.9 Å². The first-order valence-electron chi connectivity index (χ1n) is 9.31. The van der Waals surface area contributed by atoms with E-state index in [1.54, 1.807) is 12.7 Å². The van der Waals surface area contributed by atoms with Gasteiger partial charge in [0.1, 0.15) is 12.7 Å². The molecule has 134 valence electrons. The number of hydrogen-bond donors (Lipinski definition) is 1. The van der Waals surface area contributed by atoms with Crippen molar-refractivity contribution in [2.24, 2.45) is 0 Å². The van der Waals surface area contributed by atoms with Gasteiger partial charge in [0.05, 0.1) is 12.6 Å². The predicted molar refractivity (Wildman–Crippen MR) is 96.0 cm³/mol. The Balaban J connectivity index is 1.29. The second-order valence-corrected chi connectivity index (χ2v) is 7.32. The maximum Gasteiger partial charge on any atom is 0.137 e. The number of aliphatic hydroxyl groups excluding tert-OH is 1. The first kappa shape index (κ1) is 16.7. The highest BCUT2D eigenvalue weighted by Crippen LogP contribution is 2.21. The van der Waals surface area contributed by atoms with Crippen molar-refractivity contribution in [3.63, 3.8) is 0 Å². The van der Waals surface area contributed by atoms with Gasteiger partial charge in [-0.25, -0.2) is 4.98 Å². The lowest BCUT2D eigenvalue weighted by atomic mass is 10.00. The van der Waals surface area contributed by atoms with Gasteiger partial charge in [-0.1, -0.05) is 24.3 Å². The van der Waals surface area contributed by atoms with E-state index in [0.29, 0.717) is 6.04 Å². The molecule has 3 heterocycles. The van der Waals surface area contributed by atoms with Gasteiger partial charge >= 0.3 is 0 Å². The molecule has 2 aliphatic heterocycles. The number of β-amino-alcohol motifs (C(OH)–C–C–N with tert-alkyl or cyclic N) is 1. The zero-order valence-corrected chi connectivity index (χ0v) is 14.7. The van der Waals surface area contributed by atoms with Crippen LogP contribution in [0.5, 0.6) is 0 Å². The summed E-state index contributed by atoms with van der Waals surface area (Å²) in [6.07, 6.45) is 6.51. The second kappa shape index (κ2) is 7.64. The third-order valence-electron chi connectivity index (χ3n) is 5.49. The molecule has 6 nitrogen and oxygen atoms in total. The van der Waals surface area contributed by atoms with Crippen molar-refractivity contribution < 1.29 is 5.11 Å². The van der Waals surface area contributed by atoms with Crippen LogP contribution in [-0.2, 0) is 19.5 Å². The van der Waals surface area contributed by atoms with Crippen LogP contribution in [0.25, 0.3) is 0 Å². The molecule has 0 bridgehead atoms. The highest BCUT2D eigenvalue weighted by molar-refractivity contribution is 5.29. The number of aromatic nitrogens is 3. The van der Waals surface area contributed by atoms with Gasteiger partial charge in [0.2, 0.25) is 0 Å². The van der Waals surface area contributed by atoms with Gasteiger partial charge in [-0.15, -0.1) is 0 Å². The van der Waals surface area contributed by atoms with Crippen LogP contribution in [0.2, 0.25) is 0 Å². The Morgan fingerprint density at radius 1 is 1.16 bits per heavy atom. The van der Waals surface area contributed by atoms with E-state index in [4.69, 9.17) is 0 Å². The zero-order valence-electron chi connectivity index (χ0n) is 14.7. The number of aliphatic hydroxyl groups is 1. The fourth-order valence-electron chi connectivity index (χ4n) is 4.22. The van der Waals surface area contributed by atoms with Gasteiger partial charge in [0.15, 0.2) is 0 Å². The van der Waals surface area contributed by atoms with Gasteiger partial charge in [-0.2, -0.15) is 5.10 Å². The average Bonchev–Trinajstić information content (AvgIpc) is 3.28. The fraction of sp³-hybridized carbons (Fsp3) is 0.579. The molecule has 0 amide bonds. The molecule has 6 heteroatoms. The summed E-state index contributed by atoms with van der Waals surface area (Å²) in [5, 5.41) is 14.9. The lowest BCUT2D eigenvalue weighted by Crippen LogP contribution is -2.44. The number of fused-ring (bicyclic) bond motifs is 1. The highest BCUT2D eigenvalue weighted by Gasteiger charge is 2.28. The Morgan fingerprint density at radius 3 is 2.88 bits per heavy atom. The van der Waals surface area contributed by atoms with Gasteiger partial charge in [0.25, 0.3) is 0 Å². The normalized spacial score (nSPS) is 22.8. The molecule has 0 unspecified atom stereocenters. The molecule has 1 saturated heterocycles. The summed E-state index contributed by atoms with van der Waals surface area (Å²) in [6, 6.07) is 9.12. The van der Waals surface area contributed by atoms with E-state index in [9.17, 15) is 5.11 Å². The van der Waals surface area contributed by atoms with Crippen LogP contribution in [0.3, 0.4) is 0 Å². The van der Waals surface area contributed by atoms with E-state index >= 15 is 0 Å². The van der Waals surface area contributed by atoms with Gasteiger partial charge < -0.3 is 5.11 Å². The van der Waals surface area contributed by atoms with Crippen LogP contribution in [0.1, 0.15) is 24.0 Å². The first-order chi connectivity index (χ1) is 12.3. The van der Waals surface area contributed by atoms with Crippen molar-refractivity contribution in [1.29, 1.82) is 0 Å².